The molecular formula is C22H32F4NaO5. The Hall–Kier alpha value is -0.610. The zero-order valence-electron chi connectivity index (χ0n) is 18.8. The number of ether oxygens (including phenoxy) is 1. The molecule has 32 heavy (non-hydrogen) atoms. The summed E-state index contributed by atoms with van der Waals surface area (Å²) in [4.78, 5) is 10.6. The molecular weight excluding hydrogens is 443 g/mol. The first kappa shape index (κ1) is 29.4. The van der Waals surface area contributed by atoms with Crippen molar-refractivity contribution in [2.24, 2.45) is 17.3 Å². The summed E-state index contributed by atoms with van der Waals surface area (Å²) in [5.41, 5.74) is -2.33. The van der Waals surface area contributed by atoms with E-state index in [9.17, 15) is 32.6 Å². The van der Waals surface area contributed by atoms with Gasteiger partial charge in [0.2, 0.25) is 0 Å². The van der Waals surface area contributed by atoms with Gasteiger partial charge in [-0.2, -0.15) is 13.2 Å². The Balaban J connectivity index is 0.00000512. The molecule has 1 saturated carbocycles. The third kappa shape index (κ3) is 6.72. The molecule has 3 N–H and O–H groups in total. The Morgan fingerprint density at radius 2 is 1.97 bits per heavy atom. The Bertz CT molecular complexity index is 684. The Labute approximate surface area is 208 Å². The van der Waals surface area contributed by atoms with Gasteiger partial charge in [-0.1, -0.05) is 31.9 Å². The molecule has 1 saturated heterocycles. The van der Waals surface area contributed by atoms with E-state index in [1.54, 1.807) is 6.92 Å². The first-order valence-corrected chi connectivity index (χ1v) is 10.8. The van der Waals surface area contributed by atoms with Crippen LogP contribution in [0.15, 0.2) is 24.0 Å². The fourth-order valence-electron chi connectivity index (χ4n) is 4.36. The topological polar surface area (TPSA) is 87.0 Å². The molecule has 7 atom stereocenters. The van der Waals surface area contributed by atoms with Crippen molar-refractivity contribution in [1.82, 2.24) is 0 Å². The van der Waals surface area contributed by atoms with Crippen molar-refractivity contribution in [2.45, 2.75) is 89.5 Å². The van der Waals surface area contributed by atoms with Crippen LogP contribution in [-0.2, 0) is 9.53 Å². The zero-order valence-corrected chi connectivity index (χ0v) is 20.8. The van der Waals surface area contributed by atoms with Crippen LogP contribution in [0, 0.1) is 17.3 Å². The monoisotopic (exact) mass is 475 g/mol. The molecule has 0 aromatic rings. The van der Waals surface area contributed by atoms with Gasteiger partial charge in [0.1, 0.15) is 11.9 Å². The molecule has 0 bridgehead atoms. The summed E-state index contributed by atoms with van der Waals surface area (Å²) in [5, 5.41) is 29.3. The molecule has 0 amide bonds. The van der Waals surface area contributed by atoms with Gasteiger partial charge < -0.3 is 20.1 Å². The van der Waals surface area contributed by atoms with Crippen LogP contribution >= 0.6 is 0 Å². The van der Waals surface area contributed by atoms with E-state index in [0.717, 1.165) is 13.0 Å². The Morgan fingerprint density at radius 3 is 2.53 bits per heavy atom. The smallest absolute Gasteiger partial charge is 0.397 e. The van der Waals surface area contributed by atoms with Crippen molar-refractivity contribution >= 4 is 35.5 Å². The van der Waals surface area contributed by atoms with E-state index in [0.29, 0.717) is 25.7 Å². The number of carboxylic acids is 1. The van der Waals surface area contributed by atoms with Gasteiger partial charge >= 0.3 is 12.1 Å². The predicted octanol–water partition coefficient (Wildman–Crippen LogP) is 4.15. The maximum atomic E-state index is 15.0. The van der Waals surface area contributed by atoms with Gasteiger partial charge in [-0.15, -0.1) is 0 Å². The first-order chi connectivity index (χ1) is 14.4. The molecule has 5 nitrogen and oxygen atoms in total. The van der Waals surface area contributed by atoms with Crippen molar-refractivity contribution in [3.05, 3.63) is 24.0 Å². The zero-order chi connectivity index (χ0) is 23.4. The van der Waals surface area contributed by atoms with Gasteiger partial charge in [-0.25, -0.2) is 4.39 Å². The number of alkyl halides is 4. The fraction of sp³-hybridized carbons (Fsp3) is 0.773. The van der Waals surface area contributed by atoms with Crippen LogP contribution in [-0.4, -0.2) is 81.5 Å². The summed E-state index contributed by atoms with van der Waals surface area (Å²) in [7, 11) is 0. The average Bonchev–Trinajstić information content (AvgIpc) is 3.14. The van der Waals surface area contributed by atoms with Crippen LogP contribution in [0.4, 0.5) is 17.6 Å². The van der Waals surface area contributed by atoms with E-state index in [2.05, 4.69) is 0 Å². The summed E-state index contributed by atoms with van der Waals surface area (Å²) < 4.78 is 61.4. The number of unbranched alkanes of at least 4 members (excludes halogenated alkanes) is 2. The van der Waals surface area contributed by atoms with Crippen LogP contribution in [0.3, 0.4) is 0 Å². The minimum Gasteiger partial charge on any atom is -0.491 e. The van der Waals surface area contributed by atoms with E-state index in [1.165, 1.54) is 12.2 Å². The molecule has 179 valence electrons. The summed E-state index contributed by atoms with van der Waals surface area (Å²) in [6.07, 6.45) is -4.42. The number of allylic oxidation sites excluding steroid dienone is 2. The molecule has 2 fully saturated rings. The molecule has 1 aliphatic carbocycles. The fourth-order valence-corrected chi connectivity index (χ4v) is 4.36. The maximum Gasteiger partial charge on any atom is 0.397 e. The van der Waals surface area contributed by atoms with E-state index >= 15 is 0 Å². The van der Waals surface area contributed by atoms with Crippen LogP contribution < -0.4 is 0 Å². The third-order valence-corrected chi connectivity index (χ3v) is 6.49. The number of aliphatic carboxylic acids is 1. The van der Waals surface area contributed by atoms with Gasteiger partial charge in [0.25, 0.3) is 0 Å². The Kier molecular flexibility index (Phi) is 11.2. The van der Waals surface area contributed by atoms with Crippen LogP contribution in [0.5, 0.6) is 0 Å². The standard InChI is InChI=1S/C22H32F4O5.Na/c1-3-4-11-21(2,22(24,25)26)17(28)10-9-13-14(27)12-16-19(13)20(23)15(31-16)7-5-6-8-18(29)30;/h7,9-10,13-14,16-17,19-20,27-28H,3-6,8,11-12H2,1-2H3,(H,29,30);/t13-,14+,16-,17+,19+,20?,21?;/m0./s1. The first-order valence-electron chi connectivity index (χ1n) is 10.8. The van der Waals surface area contributed by atoms with E-state index in [-0.39, 0.29) is 54.6 Å². The number of aliphatic hydroxyl groups excluding tert-OH is 2. The average molecular weight is 475 g/mol. The molecule has 2 unspecified atom stereocenters. The minimum absolute atomic E-state index is 0. The molecule has 2 aliphatic rings. The van der Waals surface area contributed by atoms with Gasteiger partial charge in [0, 0.05) is 54.2 Å². The molecule has 0 spiro atoms. The Morgan fingerprint density at radius 1 is 1.31 bits per heavy atom. The quantitative estimate of drug-likeness (QED) is 0.191. The number of carbonyl (C=O) groups is 1. The molecule has 2 rings (SSSR count). The molecule has 0 aromatic carbocycles. The molecule has 0 aromatic heterocycles. The second-order valence-electron chi connectivity index (χ2n) is 8.76. The number of halogens is 4. The van der Waals surface area contributed by atoms with E-state index in [4.69, 9.17) is 9.84 Å². The summed E-state index contributed by atoms with van der Waals surface area (Å²) >= 11 is 0. The van der Waals surface area contributed by atoms with Gasteiger partial charge in [-0.05, 0) is 32.3 Å². The summed E-state index contributed by atoms with van der Waals surface area (Å²) in [6.45, 7) is 2.74. The third-order valence-electron chi connectivity index (χ3n) is 6.49. The van der Waals surface area contributed by atoms with Crippen LogP contribution in [0.25, 0.3) is 0 Å². The molecule has 1 aliphatic heterocycles. The van der Waals surface area contributed by atoms with Crippen molar-refractivity contribution in [1.29, 1.82) is 0 Å². The largest absolute Gasteiger partial charge is 0.491 e. The molecule has 1 heterocycles. The number of rotatable bonds is 10. The number of carboxylic acid groups (broad SMARTS) is 1. The second-order valence-corrected chi connectivity index (χ2v) is 8.76. The second kappa shape index (κ2) is 12.2. The maximum absolute atomic E-state index is 15.0. The SMILES string of the molecule is CCCCC(C)([C@H](O)C=C[C@@H]1[C@H]2C(F)C(=CCCCC(=O)O)O[C@H]2C[C@H]1O)C(F)(F)F.[Na]. The summed E-state index contributed by atoms with van der Waals surface area (Å²) in [6, 6.07) is 0. The number of fused-ring (bicyclic) bond motifs is 1. The molecule has 10 heteroatoms. The normalized spacial score (nSPS) is 31.8. The van der Waals surface area contributed by atoms with Gasteiger partial charge in [0.15, 0.2) is 6.17 Å². The van der Waals surface area contributed by atoms with Crippen molar-refractivity contribution < 1.29 is 42.4 Å². The van der Waals surface area contributed by atoms with E-state index < -0.39 is 53.9 Å². The number of hydrogen-bond acceptors (Lipinski definition) is 4. The van der Waals surface area contributed by atoms with Gasteiger partial charge in [0.05, 0.1) is 17.6 Å². The van der Waals surface area contributed by atoms with Gasteiger partial charge in [-0.3, -0.25) is 4.79 Å². The van der Waals surface area contributed by atoms with E-state index in [1.807, 2.05) is 0 Å². The number of hydrogen-bond donors (Lipinski definition) is 3. The van der Waals surface area contributed by atoms with Crippen LogP contribution in [0.1, 0.15) is 58.8 Å². The van der Waals surface area contributed by atoms with Crippen molar-refractivity contribution in [3.8, 4) is 0 Å². The minimum atomic E-state index is -4.62. The number of aliphatic hydroxyl groups is 2. The molecule has 1 radical (unpaired) electrons. The summed E-state index contributed by atoms with van der Waals surface area (Å²) in [5.74, 6) is -2.43. The van der Waals surface area contributed by atoms with Crippen LogP contribution in [0.2, 0.25) is 0 Å². The van der Waals surface area contributed by atoms with Crippen molar-refractivity contribution in [2.75, 3.05) is 0 Å². The predicted molar refractivity (Wildman–Crippen MR) is 112 cm³/mol. The van der Waals surface area contributed by atoms with Crippen molar-refractivity contribution in [3.63, 3.8) is 0 Å².